The second kappa shape index (κ2) is 7.01. The van der Waals surface area contributed by atoms with Crippen LogP contribution in [0.4, 0.5) is 0 Å². The first-order valence-electron chi connectivity index (χ1n) is 8.56. The van der Waals surface area contributed by atoms with Gasteiger partial charge in [-0.05, 0) is 45.4 Å². The van der Waals surface area contributed by atoms with Crippen molar-refractivity contribution >= 4 is 16.8 Å². The van der Waals surface area contributed by atoms with E-state index in [0.29, 0.717) is 5.56 Å². The molecule has 6 heteroatoms. The molecule has 6 nitrogen and oxygen atoms in total. The van der Waals surface area contributed by atoms with Crippen LogP contribution in [0, 0.1) is 13.8 Å². The van der Waals surface area contributed by atoms with Crippen molar-refractivity contribution in [2.45, 2.75) is 46.7 Å². The quantitative estimate of drug-likeness (QED) is 0.775. The van der Waals surface area contributed by atoms with Crippen LogP contribution < -0.4 is 5.32 Å². The Hall–Kier alpha value is -2.76. The van der Waals surface area contributed by atoms with Gasteiger partial charge in [0.1, 0.15) is 12.2 Å². The van der Waals surface area contributed by atoms with Crippen LogP contribution in [0.2, 0.25) is 0 Å². The van der Waals surface area contributed by atoms with Crippen molar-refractivity contribution in [1.29, 1.82) is 0 Å². The third kappa shape index (κ3) is 3.52. The smallest absolute Gasteiger partial charge is 0.253 e. The number of amides is 1. The Kier molecular flexibility index (Phi) is 4.79. The van der Waals surface area contributed by atoms with Crippen molar-refractivity contribution in [1.82, 2.24) is 25.1 Å². The zero-order valence-corrected chi connectivity index (χ0v) is 15.1. The van der Waals surface area contributed by atoms with Crippen LogP contribution in [0.5, 0.6) is 0 Å². The van der Waals surface area contributed by atoms with Crippen LogP contribution in [0.1, 0.15) is 53.7 Å². The van der Waals surface area contributed by atoms with Crippen molar-refractivity contribution < 1.29 is 4.79 Å². The molecule has 0 aliphatic carbocycles. The van der Waals surface area contributed by atoms with E-state index in [2.05, 4.69) is 27.3 Å². The summed E-state index contributed by atoms with van der Waals surface area (Å²) < 4.78 is 1.83. The molecule has 1 atom stereocenters. The lowest BCUT2D eigenvalue weighted by molar-refractivity contribution is 0.0936. The number of carbonyl (C=O) groups excluding carboxylic acids is 1. The van der Waals surface area contributed by atoms with E-state index >= 15 is 0 Å². The van der Waals surface area contributed by atoms with Gasteiger partial charge in [-0.2, -0.15) is 5.10 Å². The fourth-order valence-corrected chi connectivity index (χ4v) is 2.95. The molecule has 0 fully saturated rings. The normalized spacial score (nSPS) is 12.3. The first-order chi connectivity index (χ1) is 12.0. The Labute approximate surface area is 147 Å². The minimum Gasteiger partial charge on any atom is -0.342 e. The fourth-order valence-electron chi connectivity index (χ4n) is 2.95. The highest BCUT2D eigenvalue weighted by molar-refractivity contribution is 5.98. The first-order valence-corrected chi connectivity index (χ1v) is 8.56. The maximum absolute atomic E-state index is 12.8. The molecule has 1 amide bonds. The van der Waals surface area contributed by atoms with E-state index in [-0.39, 0.29) is 11.9 Å². The van der Waals surface area contributed by atoms with Gasteiger partial charge in [0.05, 0.1) is 22.8 Å². The number of pyridine rings is 1. The van der Waals surface area contributed by atoms with Crippen LogP contribution in [-0.2, 0) is 6.54 Å². The summed E-state index contributed by atoms with van der Waals surface area (Å²) in [5, 5.41) is 8.20. The first kappa shape index (κ1) is 17.1. The van der Waals surface area contributed by atoms with Gasteiger partial charge in [0.2, 0.25) is 0 Å². The molecule has 0 aliphatic heterocycles. The van der Waals surface area contributed by atoms with E-state index in [9.17, 15) is 4.79 Å². The Bertz CT molecular complexity index is 915. The van der Waals surface area contributed by atoms with E-state index in [1.165, 1.54) is 6.33 Å². The lowest BCUT2D eigenvalue weighted by Gasteiger charge is -2.15. The largest absolute Gasteiger partial charge is 0.342 e. The van der Waals surface area contributed by atoms with Crippen LogP contribution in [0.3, 0.4) is 0 Å². The summed E-state index contributed by atoms with van der Waals surface area (Å²) in [4.78, 5) is 21.6. The maximum Gasteiger partial charge on any atom is 0.253 e. The summed E-state index contributed by atoms with van der Waals surface area (Å²) in [5.74, 6) is 0.615. The summed E-state index contributed by atoms with van der Waals surface area (Å²) in [6.07, 6.45) is 2.49. The molecule has 1 N–H and O–H groups in total. The Morgan fingerprint density at radius 1 is 1.28 bits per heavy atom. The number of benzene rings is 1. The Morgan fingerprint density at radius 2 is 2.08 bits per heavy atom. The molecule has 0 radical (unpaired) electrons. The molecule has 0 saturated carbocycles. The summed E-state index contributed by atoms with van der Waals surface area (Å²) in [6, 6.07) is 7.73. The Morgan fingerprint density at radius 3 is 2.84 bits per heavy atom. The highest BCUT2D eigenvalue weighted by Gasteiger charge is 2.18. The van der Waals surface area contributed by atoms with Crippen LogP contribution in [-0.4, -0.2) is 25.7 Å². The predicted octanol–water partition coefficient (Wildman–Crippen LogP) is 3.34. The molecular weight excluding hydrogens is 314 g/mol. The van der Waals surface area contributed by atoms with Gasteiger partial charge in [-0.3, -0.25) is 9.78 Å². The third-order valence-corrected chi connectivity index (χ3v) is 4.22. The second-order valence-electron chi connectivity index (χ2n) is 6.35. The molecule has 0 spiro atoms. The van der Waals surface area contributed by atoms with E-state index in [0.717, 1.165) is 41.0 Å². The van der Waals surface area contributed by atoms with Gasteiger partial charge < -0.3 is 5.32 Å². The van der Waals surface area contributed by atoms with Gasteiger partial charge in [0, 0.05) is 11.9 Å². The molecule has 1 unspecified atom stereocenters. The summed E-state index contributed by atoms with van der Waals surface area (Å²) in [5.41, 5.74) is 3.35. The molecule has 0 saturated heterocycles. The molecule has 0 aliphatic rings. The number of aromatic nitrogens is 4. The van der Waals surface area contributed by atoms with Crippen LogP contribution in [0.25, 0.3) is 10.9 Å². The highest BCUT2D eigenvalue weighted by Crippen LogP contribution is 2.19. The molecule has 3 aromatic rings. The minimum absolute atomic E-state index is 0.146. The van der Waals surface area contributed by atoms with Gasteiger partial charge >= 0.3 is 0 Å². The van der Waals surface area contributed by atoms with Crippen molar-refractivity contribution in [3.63, 3.8) is 0 Å². The third-order valence-electron chi connectivity index (χ3n) is 4.22. The van der Waals surface area contributed by atoms with Gasteiger partial charge in [0.25, 0.3) is 5.91 Å². The number of hydrogen-bond donors (Lipinski definition) is 1. The minimum atomic E-state index is -0.228. The van der Waals surface area contributed by atoms with E-state index in [1.54, 1.807) is 0 Å². The molecular formula is C19H23N5O. The average molecular weight is 337 g/mol. The van der Waals surface area contributed by atoms with E-state index in [1.807, 2.05) is 49.7 Å². The predicted molar refractivity (Wildman–Crippen MR) is 97.4 cm³/mol. The maximum atomic E-state index is 12.8. The van der Waals surface area contributed by atoms with Gasteiger partial charge in [0.15, 0.2) is 0 Å². The van der Waals surface area contributed by atoms with E-state index in [4.69, 9.17) is 0 Å². The number of rotatable bonds is 5. The molecule has 25 heavy (non-hydrogen) atoms. The molecule has 2 heterocycles. The van der Waals surface area contributed by atoms with Gasteiger partial charge in [-0.25, -0.2) is 9.67 Å². The van der Waals surface area contributed by atoms with Crippen molar-refractivity contribution in [3.05, 3.63) is 53.2 Å². The molecule has 130 valence electrons. The number of hydrogen-bond acceptors (Lipinski definition) is 4. The number of carbonyl (C=O) groups is 1. The second-order valence-corrected chi connectivity index (χ2v) is 6.35. The Balaban J connectivity index is 1.86. The monoisotopic (exact) mass is 337 g/mol. The van der Waals surface area contributed by atoms with Crippen molar-refractivity contribution in [2.75, 3.05) is 0 Å². The van der Waals surface area contributed by atoms with Crippen LogP contribution in [0.15, 0.2) is 30.6 Å². The number of fused-ring (bicyclic) bond motifs is 1. The number of aryl methyl sites for hydroxylation is 3. The summed E-state index contributed by atoms with van der Waals surface area (Å²) in [7, 11) is 0. The van der Waals surface area contributed by atoms with Crippen LogP contribution >= 0.6 is 0 Å². The average Bonchev–Trinajstić information content (AvgIpc) is 3.03. The lowest BCUT2D eigenvalue weighted by atomic mass is 10.1. The van der Waals surface area contributed by atoms with Gasteiger partial charge in [-0.15, -0.1) is 0 Å². The fraction of sp³-hybridized carbons (Fsp3) is 0.368. The standard InChI is InChI=1S/C19H23N5O/c1-5-8-24-18(20-11-21-24)14(4)23-19(25)16-10-15-9-12(2)6-7-17(15)22-13(16)3/h6-7,9-11,14H,5,8H2,1-4H3,(H,23,25). The van der Waals surface area contributed by atoms with Gasteiger partial charge in [-0.1, -0.05) is 18.6 Å². The van der Waals surface area contributed by atoms with E-state index < -0.39 is 0 Å². The van der Waals surface area contributed by atoms with Crippen molar-refractivity contribution in [2.24, 2.45) is 0 Å². The highest BCUT2D eigenvalue weighted by atomic mass is 16.1. The molecule has 3 rings (SSSR count). The molecule has 0 bridgehead atoms. The zero-order valence-electron chi connectivity index (χ0n) is 15.1. The molecule has 1 aromatic carbocycles. The number of nitrogens with one attached hydrogen (secondary N) is 1. The number of nitrogens with zero attached hydrogens (tertiary/aromatic N) is 4. The zero-order chi connectivity index (χ0) is 18.0. The summed E-state index contributed by atoms with van der Waals surface area (Å²) in [6.45, 7) is 8.67. The molecule has 2 aromatic heterocycles. The van der Waals surface area contributed by atoms with Crippen molar-refractivity contribution in [3.8, 4) is 0 Å². The summed E-state index contributed by atoms with van der Waals surface area (Å²) >= 11 is 0. The topological polar surface area (TPSA) is 72.7 Å². The lowest BCUT2D eigenvalue weighted by Crippen LogP contribution is -2.29. The SMILES string of the molecule is CCCn1ncnc1C(C)NC(=O)c1cc2cc(C)ccc2nc1C.